The van der Waals surface area contributed by atoms with Crippen LogP contribution in [0, 0.1) is 0 Å². The number of amides is 2. The van der Waals surface area contributed by atoms with E-state index in [1.165, 1.54) is 0 Å². The molecule has 0 bridgehead atoms. The van der Waals surface area contributed by atoms with Gasteiger partial charge in [-0.05, 0) is 25.8 Å². The molecule has 0 aliphatic carbocycles. The van der Waals surface area contributed by atoms with E-state index >= 15 is 0 Å². The maximum Gasteiger partial charge on any atom is 0.242 e. The second-order valence-corrected chi connectivity index (χ2v) is 5.07. The van der Waals surface area contributed by atoms with E-state index in [4.69, 9.17) is 0 Å². The Labute approximate surface area is 109 Å². The van der Waals surface area contributed by atoms with Gasteiger partial charge in [-0.2, -0.15) is 0 Å². The third kappa shape index (κ3) is 4.29. The van der Waals surface area contributed by atoms with Crippen LogP contribution in [0.25, 0.3) is 0 Å². The first-order valence-corrected chi connectivity index (χ1v) is 6.80. The highest BCUT2D eigenvalue weighted by atomic mass is 16.2. The molecule has 0 spiro atoms. The van der Waals surface area contributed by atoms with Gasteiger partial charge >= 0.3 is 0 Å². The second kappa shape index (κ2) is 7.36. The molecule has 1 heterocycles. The highest BCUT2D eigenvalue weighted by Gasteiger charge is 2.32. The Hall–Kier alpha value is -1.10. The summed E-state index contributed by atoms with van der Waals surface area (Å²) in [6.07, 6.45) is 3.06. The molecular weight excluding hydrogens is 230 g/mol. The summed E-state index contributed by atoms with van der Waals surface area (Å²) in [4.78, 5) is 25.4. The fourth-order valence-corrected chi connectivity index (χ4v) is 2.28. The normalized spacial score (nSPS) is 19.3. The van der Waals surface area contributed by atoms with Crippen molar-refractivity contribution in [3.05, 3.63) is 0 Å². The Morgan fingerprint density at radius 1 is 1.39 bits per heavy atom. The monoisotopic (exact) mass is 255 g/mol. The molecule has 2 N–H and O–H groups in total. The van der Waals surface area contributed by atoms with Gasteiger partial charge in [0.1, 0.15) is 6.04 Å². The number of hydrogen-bond acceptors (Lipinski definition) is 3. The van der Waals surface area contributed by atoms with Crippen LogP contribution in [0.3, 0.4) is 0 Å². The number of carbonyl (C=O) groups excluding carboxylic acids is 2. The number of nitrogens with one attached hydrogen (secondary N) is 2. The maximum absolute atomic E-state index is 12.0. The van der Waals surface area contributed by atoms with Crippen molar-refractivity contribution in [2.45, 2.75) is 51.6 Å². The van der Waals surface area contributed by atoms with Gasteiger partial charge in [0.15, 0.2) is 0 Å². The van der Waals surface area contributed by atoms with Crippen LogP contribution in [0.4, 0.5) is 0 Å². The van der Waals surface area contributed by atoms with Crippen molar-refractivity contribution in [1.82, 2.24) is 15.5 Å². The molecule has 1 aliphatic rings. The predicted molar refractivity (Wildman–Crippen MR) is 71.2 cm³/mol. The molecular formula is C13H25N3O2. The van der Waals surface area contributed by atoms with Gasteiger partial charge in [-0.15, -0.1) is 0 Å². The molecule has 2 amide bonds. The molecule has 1 unspecified atom stereocenters. The van der Waals surface area contributed by atoms with Crippen molar-refractivity contribution in [3.63, 3.8) is 0 Å². The van der Waals surface area contributed by atoms with E-state index in [9.17, 15) is 9.59 Å². The van der Waals surface area contributed by atoms with E-state index in [1.54, 1.807) is 11.9 Å². The van der Waals surface area contributed by atoms with Crippen LogP contribution in [0.2, 0.25) is 0 Å². The van der Waals surface area contributed by atoms with Crippen LogP contribution >= 0.6 is 0 Å². The number of likely N-dealkylation sites (tertiary alicyclic amines) is 1. The molecule has 0 aromatic rings. The smallest absolute Gasteiger partial charge is 0.242 e. The number of carbonyl (C=O) groups is 2. The van der Waals surface area contributed by atoms with Crippen LogP contribution in [0.15, 0.2) is 0 Å². The Balaban J connectivity index is 2.34. The lowest BCUT2D eigenvalue weighted by atomic mass is 10.2. The van der Waals surface area contributed by atoms with Crippen LogP contribution in [-0.4, -0.2) is 48.9 Å². The summed E-state index contributed by atoms with van der Waals surface area (Å²) < 4.78 is 0. The largest absolute Gasteiger partial charge is 0.357 e. The van der Waals surface area contributed by atoms with Crippen LogP contribution in [0.5, 0.6) is 0 Å². The lowest BCUT2D eigenvalue weighted by Gasteiger charge is -2.23. The summed E-state index contributed by atoms with van der Waals surface area (Å²) in [6.45, 7) is 5.74. The van der Waals surface area contributed by atoms with Crippen molar-refractivity contribution in [3.8, 4) is 0 Å². The molecule has 0 aromatic carbocycles. The van der Waals surface area contributed by atoms with E-state index < -0.39 is 0 Å². The number of rotatable bonds is 6. The summed E-state index contributed by atoms with van der Waals surface area (Å²) in [5, 5.41) is 5.92. The highest BCUT2D eigenvalue weighted by Crippen LogP contribution is 2.18. The fraction of sp³-hybridized carbons (Fsp3) is 0.846. The van der Waals surface area contributed by atoms with Gasteiger partial charge in [0.05, 0.1) is 0 Å². The van der Waals surface area contributed by atoms with Gasteiger partial charge in [-0.3, -0.25) is 9.59 Å². The molecule has 5 heteroatoms. The lowest BCUT2D eigenvalue weighted by molar-refractivity contribution is -0.138. The fourth-order valence-electron chi connectivity index (χ4n) is 2.28. The zero-order chi connectivity index (χ0) is 13.5. The second-order valence-electron chi connectivity index (χ2n) is 5.07. The summed E-state index contributed by atoms with van der Waals surface area (Å²) in [7, 11) is 1.62. The van der Waals surface area contributed by atoms with Gasteiger partial charge < -0.3 is 15.5 Å². The SMILES string of the molecule is CNC(=O)C1CCCN1C(=O)CCCNC(C)C. The van der Waals surface area contributed by atoms with Crippen LogP contribution in [-0.2, 0) is 9.59 Å². The summed E-state index contributed by atoms with van der Waals surface area (Å²) in [5.41, 5.74) is 0. The molecule has 0 saturated carbocycles. The van der Waals surface area contributed by atoms with Crippen molar-refractivity contribution in [1.29, 1.82) is 0 Å². The standard InChI is InChI=1S/C13H25N3O2/c1-10(2)15-8-4-7-12(17)16-9-5-6-11(16)13(18)14-3/h10-11,15H,4-9H2,1-3H3,(H,14,18). The van der Waals surface area contributed by atoms with E-state index in [0.29, 0.717) is 19.0 Å². The molecule has 1 saturated heterocycles. The minimum absolute atomic E-state index is 0.0406. The van der Waals surface area contributed by atoms with Gasteiger partial charge in [0.25, 0.3) is 0 Å². The Morgan fingerprint density at radius 2 is 2.11 bits per heavy atom. The van der Waals surface area contributed by atoms with Gasteiger partial charge in [0.2, 0.25) is 11.8 Å². The molecule has 5 nitrogen and oxygen atoms in total. The minimum atomic E-state index is -0.249. The average Bonchev–Trinajstić information content (AvgIpc) is 2.82. The Kier molecular flexibility index (Phi) is 6.12. The van der Waals surface area contributed by atoms with Gasteiger partial charge in [-0.25, -0.2) is 0 Å². The summed E-state index contributed by atoms with van der Waals surface area (Å²) in [6, 6.07) is 0.200. The predicted octanol–water partition coefficient (Wildman–Crippen LogP) is 0.502. The van der Waals surface area contributed by atoms with Crippen molar-refractivity contribution in [2.24, 2.45) is 0 Å². The molecule has 0 aromatic heterocycles. The molecule has 1 fully saturated rings. The molecule has 18 heavy (non-hydrogen) atoms. The number of hydrogen-bond donors (Lipinski definition) is 2. The first-order valence-electron chi connectivity index (χ1n) is 6.80. The topological polar surface area (TPSA) is 61.4 Å². The zero-order valence-electron chi connectivity index (χ0n) is 11.7. The zero-order valence-corrected chi connectivity index (χ0v) is 11.7. The van der Waals surface area contributed by atoms with Crippen molar-refractivity contribution < 1.29 is 9.59 Å². The van der Waals surface area contributed by atoms with E-state index in [-0.39, 0.29) is 17.9 Å². The van der Waals surface area contributed by atoms with Crippen molar-refractivity contribution in [2.75, 3.05) is 20.1 Å². The molecule has 104 valence electrons. The molecule has 1 atom stereocenters. The Bertz CT molecular complexity index is 292. The highest BCUT2D eigenvalue weighted by molar-refractivity contribution is 5.88. The average molecular weight is 255 g/mol. The maximum atomic E-state index is 12.0. The summed E-state index contributed by atoms with van der Waals surface area (Å²) >= 11 is 0. The molecule has 1 rings (SSSR count). The van der Waals surface area contributed by atoms with Crippen LogP contribution in [0.1, 0.15) is 39.5 Å². The minimum Gasteiger partial charge on any atom is -0.357 e. The number of likely N-dealkylation sites (N-methyl/N-ethyl adjacent to an activating group) is 1. The Morgan fingerprint density at radius 3 is 2.72 bits per heavy atom. The number of nitrogens with zero attached hydrogens (tertiary/aromatic N) is 1. The molecule has 1 aliphatic heterocycles. The first-order chi connectivity index (χ1) is 8.56. The lowest BCUT2D eigenvalue weighted by Crippen LogP contribution is -2.45. The van der Waals surface area contributed by atoms with E-state index in [2.05, 4.69) is 24.5 Å². The van der Waals surface area contributed by atoms with Crippen molar-refractivity contribution >= 4 is 11.8 Å². The van der Waals surface area contributed by atoms with E-state index in [1.807, 2.05) is 0 Å². The summed E-state index contributed by atoms with van der Waals surface area (Å²) in [5.74, 6) is 0.0628. The third-order valence-corrected chi connectivity index (χ3v) is 3.24. The quantitative estimate of drug-likeness (QED) is 0.680. The van der Waals surface area contributed by atoms with Gasteiger partial charge in [-0.1, -0.05) is 13.8 Å². The first kappa shape index (κ1) is 15.0. The third-order valence-electron chi connectivity index (χ3n) is 3.24. The van der Waals surface area contributed by atoms with Gasteiger partial charge in [0, 0.05) is 26.1 Å². The van der Waals surface area contributed by atoms with Crippen LogP contribution < -0.4 is 10.6 Å². The van der Waals surface area contributed by atoms with E-state index in [0.717, 1.165) is 25.8 Å². The molecule has 0 radical (unpaired) electrons.